The monoisotopic (exact) mass is 466 g/mol. The van der Waals surface area contributed by atoms with E-state index in [1.807, 2.05) is 28.9 Å². The summed E-state index contributed by atoms with van der Waals surface area (Å²) in [5.74, 6) is 1.66. The van der Waals surface area contributed by atoms with E-state index in [2.05, 4.69) is 32.3 Å². The number of tetrazole rings is 1. The van der Waals surface area contributed by atoms with E-state index in [-0.39, 0.29) is 17.7 Å². The Balaban J connectivity index is 1.49. The quantitative estimate of drug-likeness (QED) is 0.512. The zero-order valence-corrected chi connectivity index (χ0v) is 20.1. The van der Waals surface area contributed by atoms with Gasteiger partial charge in [-0.05, 0) is 66.8 Å². The molecule has 3 heterocycles. The minimum atomic E-state index is -0.0692. The Morgan fingerprint density at radius 3 is 2.82 bits per heavy atom. The number of aromatic amines is 1. The first-order chi connectivity index (χ1) is 16.7. The average molecular weight is 467 g/mol. The molecule has 5 rings (SSSR count). The lowest BCUT2D eigenvalue weighted by Gasteiger charge is -2.32. The van der Waals surface area contributed by atoms with Crippen LogP contribution in [0.4, 0.5) is 0 Å². The first-order valence-corrected chi connectivity index (χ1v) is 12.5. The van der Waals surface area contributed by atoms with E-state index in [1.54, 1.807) is 7.11 Å². The highest BCUT2D eigenvalue weighted by Crippen LogP contribution is 2.33. The summed E-state index contributed by atoms with van der Waals surface area (Å²) >= 11 is 0. The lowest BCUT2D eigenvalue weighted by Crippen LogP contribution is -2.38. The molecule has 1 aliphatic carbocycles. The van der Waals surface area contributed by atoms with Crippen LogP contribution in [0, 0.1) is 0 Å². The van der Waals surface area contributed by atoms with E-state index in [4.69, 9.17) is 9.47 Å². The van der Waals surface area contributed by atoms with Crippen molar-refractivity contribution in [1.82, 2.24) is 30.1 Å². The number of nitrogens with one attached hydrogen (secondary N) is 1. The van der Waals surface area contributed by atoms with Gasteiger partial charge in [-0.3, -0.25) is 9.69 Å². The smallest absolute Gasteiger partial charge is 0.252 e. The number of H-pyrrole nitrogens is 1. The molecule has 1 aliphatic heterocycles. The fourth-order valence-electron chi connectivity index (χ4n) is 5.48. The molecule has 0 bridgehead atoms. The lowest BCUT2D eigenvalue weighted by atomic mass is 10.1. The summed E-state index contributed by atoms with van der Waals surface area (Å²) in [5, 5.41) is 13.9. The number of methoxy groups -OCH3 is 1. The highest BCUT2D eigenvalue weighted by Gasteiger charge is 2.31. The molecule has 9 heteroatoms. The van der Waals surface area contributed by atoms with Gasteiger partial charge in [-0.1, -0.05) is 19.8 Å². The molecule has 2 aromatic heterocycles. The first kappa shape index (κ1) is 23.0. The molecule has 34 heavy (non-hydrogen) atoms. The van der Waals surface area contributed by atoms with Crippen LogP contribution in [0.15, 0.2) is 29.1 Å². The predicted octanol–water partition coefficient (Wildman–Crippen LogP) is 3.77. The number of nitrogens with zero attached hydrogens (tertiary/aromatic N) is 5. The summed E-state index contributed by atoms with van der Waals surface area (Å²) in [6, 6.07) is 8.04. The van der Waals surface area contributed by atoms with Gasteiger partial charge in [0.25, 0.3) is 5.56 Å². The second kappa shape index (κ2) is 10.2. The second-order valence-electron chi connectivity index (χ2n) is 9.49. The third kappa shape index (κ3) is 4.72. The van der Waals surface area contributed by atoms with Crippen molar-refractivity contribution >= 4 is 10.9 Å². The van der Waals surface area contributed by atoms with Crippen LogP contribution < -0.4 is 10.3 Å². The highest BCUT2D eigenvalue weighted by molar-refractivity contribution is 5.80. The van der Waals surface area contributed by atoms with Crippen molar-refractivity contribution in [2.75, 3.05) is 20.3 Å². The summed E-state index contributed by atoms with van der Waals surface area (Å²) < 4.78 is 13.4. The third-order valence-electron chi connectivity index (χ3n) is 7.28. The lowest BCUT2D eigenvalue weighted by molar-refractivity contribution is 0.0484. The maximum absolute atomic E-state index is 13.0. The number of rotatable bonds is 9. The van der Waals surface area contributed by atoms with Gasteiger partial charge in [0.15, 0.2) is 5.82 Å². The molecule has 0 amide bonds. The average Bonchev–Trinajstić information content (AvgIpc) is 3.62. The Morgan fingerprint density at radius 1 is 1.24 bits per heavy atom. The Hall–Kier alpha value is -2.78. The van der Waals surface area contributed by atoms with Gasteiger partial charge < -0.3 is 14.5 Å². The van der Waals surface area contributed by atoms with Crippen molar-refractivity contribution in [3.8, 4) is 5.75 Å². The molecule has 2 aliphatic rings. The summed E-state index contributed by atoms with van der Waals surface area (Å²) in [5.41, 5.74) is 1.45. The van der Waals surface area contributed by atoms with Gasteiger partial charge in [0, 0.05) is 36.2 Å². The summed E-state index contributed by atoms with van der Waals surface area (Å²) in [4.78, 5) is 18.4. The van der Waals surface area contributed by atoms with Gasteiger partial charge in [-0.2, -0.15) is 0 Å². The van der Waals surface area contributed by atoms with Crippen LogP contribution in [0.2, 0.25) is 0 Å². The van der Waals surface area contributed by atoms with Crippen LogP contribution in [0.3, 0.4) is 0 Å². The summed E-state index contributed by atoms with van der Waals surface area (Å²) in [6.07, 6.45) is 7.78. The normalized spacial score (nSPS) is 19.9. The first-order valence-electron chi connectivity index (χ1n) is 12.5. The molecule has 1 aromatic carbocycles. The molecule has 182 valence electrons. The molecular weight excluding hydrogens is 432 g/mol. The van der Waals surface area contributed by atoms with Crippen molar-refractivity contribution in [3.63, 3.8) is 0 Å². The molecule has 1 N–H and O–H groups in total. The number of benzene rings is 1. The topological polar surface area (TPSA) is 98.2 Å². The maximum Gasteiger partial charge on any atom is 0.252 e. The van der Waals surface area contributed by atoms with Crippen molar-refractivity contribution < 1.29 is 9.47 Å². The number of fused-ring (bicyclic) bond motifs is 1. The van der Waals surface area contributed by atoms with Gasteiger partial charge in [0.05, 0.1) is 25.3 Å². The van der Waals surface area contributed by atoms with Gasteiger partial charge >= 0.3 is 0 Å². The second-order valence-corrected chi connectivity index (χ2v) is 9.49. The molecule has 3 aromatic rings. The van der Waals surface area contributed by atoms with E-state index in [0.29, 0.717) is 12.6 Å². The summed E-state index contributed by atoms with van der Waals surface area (Å²) in [7, 11) is 1.65. The largest absolute Gasteiger partial charge is 0.497 e. The fourth-order valence-corrected chi connectivity index (χ4v) is 5.48. The van der Waals surface area contributed by atoms with E-state index in [0.717, 1.165) is 73.3 Å². The van der Waals surface area contributed by atoms with Crippen molar-refractivity contribution in [3.05, 3.63) is 46.0 Å². The zero-order chi connectivity index (χ0) is 23.5. The molecule has 2 fully saturated rings. The Morgan fingerprint density at radius 2 is 2.09 bits per heavy atom. The number of aromatic nitrogens is 5. The Bertz CT molecular complexity index is 1160. The van der Waals surface area contributed by atoms with E-state index in [9.17, 15) is 4.79 Å². The van der Waals surface area contributed by atoms with Gasteiger partial charge in [-0.15, -0.1) is 5.10 Å². The summed E-state index contributed by atoms with van der Waals surface area (Å²) in [6.45, 7) is 4.20. The molecule has 1 saturated heterocycles. The van der Waals surface area contributed by atoms with Crippen molar-refractivity contribution in [1.29, 1.82) is 0 Å². The Kier molecular flexibility index (Phi) is 6.92. The minimum absolute atomic E-state index is 0.000191. The standard InChI is InChI=1S/C25H34N6O3/c1-3-23(24-27-28-29-31(24)19-7-4-5-8-19)30(16-21-9-6-12-34-21)15-18-13-17-14-20(33-2)10-11-22(17)26-25(18)32/h10-11,13-14,19,21,23H,3-9,12,15-16H2,1-2H3,(H,26,32). The van der Waals surface area contributed by atoms with Crippen LogP contribution in [0.25, 0.3) is 10.9 Å². The number of hydrogen-bond donors (Lipinski definition) is 1. The number of pyridine rings is 1. The van der Waals surface area contributed by atoms with Crippen molar-refractivity contribution in [2.45, 2.75) is 76.6 Å². The fraction of sp³-hybridized carbons (Fsp3) is 0.600. The molecule has 9 nitrogen and oxygen atoms in total. The SMILES string of the molecule is CCC(c1nnnn1C1CCCC1)N(Cc1cc2cc(OC)ccc2[nH]c1=O)CC1CCCO1. The number of ether oxygens (including phenoxy) is 2. The van der Waals surface area contributed by atoms with E-state index in [1.165, 1.54) is 12.8 Å². The Labute approximate surface area is 199 Å². The van der Waals surface area contributed by atoms with Crippen molar-refractivity contribution in [2.24, 2.45) is 0 Å². The van der Waals surface area contributed by atoms with Gasteiger partial charge in [0.1, 0.15) is 5.75 Å². The van der Waals surface area contributed by atoms with Crippen LogP contribution in [-0.2, 0) is 11.3 Å². The van der Waals surface area contributed by atoms with E-state index < -0.39 is 0 Å². The van der Waals surface area contributed by atoms with Crippen LogP contribution >= 0.6 is 0 Å². The zero-order valence-electron chi connectivity index (χ0n) is 20.1. The third-order valence-corrected chi connectivity index (χ3v) is 7.28. The molecule has 0 radical (unpaired) electrons. The van der Waals surface area contributed by atoms with Crippen LogP contribution in [-0.4, -0.2) is 56.5 Å². The maximum atomic E-state index is 13.0. The molecule has 1 saturated carbocycles. The molecular formula is C25H34N6O3. The molecule has 0 spiro atoms. The molecule has 2 unspecified atom stereocenters. The minimum Gasteiger partial charge on any atom is -0.497 e. The van der Waals surface area contributed by atoms with E-state index >= 15 is 0 Å². The highest BCUT2D eigenvalue weighted by atomic mass is 16.5. The number of hydrogen-bond acceptors (Lipinski definition) is 7. The van der Waals surface area contributed by atoms with Crippen LogP contribution in [0.5, 0.6) is 5.75 Å². The molecule has 2 atom stereocenters. The van der Waals surface area contributed by atoms with Gasteiger partial charge in [0.2, 0.25) is 0 Å². The van der Waals surface area contributed by atoms with Crippen LogP contribution in [0.1, 0.15) is 75.3 Å². The predicted molar refractivity (Wildman–Crippen MR) is 129 cm³/mol. The van der Waals surface area contributed by atoms with Gasteiger partial charge in [-0.25, -0.2) is 4.68 Å².